The summed E-state index contributed by atoms with van der Waals surface area (Å²) in [6, 6.07) is 13.0. The van der Waals surface area contributed by atoms with Gasteiger partial charge in [0, 0.05) is 40.4 Å². The highest BCUT2D eigenvalue weighted by Gasteiger charge is 2.43. The van der Waals surface area contributed by atoms with Gasteiger partial charge in [0.1, 0.15) is 12.1 Å². The molecule has 12 heteroatoms. The molecule has 1 aliphatic rings. The third kappa shape index (κ3) is 8.80. The van der Waals surface area contributed by atoms with E-state index < -0.39 is 30.3 Å². The number of benzene rings is 2. The van der Waals surface area contributed by atoms with Gasteiger partial charge in [-0.15, -0.1) is 11.3 Å². The quantitative estimate of drug-likeness (QED) is 0.147. The summed E-state index contributed by atoms with van der Waals surface area (Å²) in [5.41, 5.74) is 2.19. The van der Waals surface area contributed by atoms with Gasteiger partial charge in [-0.3, -0.25) is 9.59 Å². The molecule has 1 aliphatic heterocycles. The van der Waals surface area contributed by atoms with Crippen molar-refractivity contribution in [2.24, 2.45) is 5.92 Å². The van der Waals surface area contributed by atoms with E-state index in [0.29, 0.717) is 34.2 Å². The first-order chi connectivity index (χ1) is 23.2. The van der Waals surface area contributed by atoms with Crippen LogP contribution in [0.3, 0.4) is 0 Å². The number of carbonyl (C=O) groups is 2. The Hall–Kier alpha value is -4.39. The number of nitrogens with one attached hydrogen (secondary N) is 2. The number of hydrogen-bond donors (Lipinski definition) is 3. The summed E-state index contributed by atoms with van der Waals surface area (Å²) >= 11 is 1.40. The van der Waals surface area contributed by atoms with Gasteiger partial charge in [-0.05, 0) is 48.1 Å². The molecule has 0 saturated carbocycles. The van der Waals surface area contributed by atoms with E-state index in [1.165, 1.54) is 18.4 Å². The first-order valence-corrected chi connectivity index (χ1v) is 17.0. The summed E-state index contributed by atoms with van der Waals surface area (Å²) in [7, 11) is 1.47. The van der Waals surface area contributed by atoms with Crippen molar-refractivity contribution in [1.82, 2.24) is 20.6 Å². The number of nitrogens with zero attached hydrogens (tertiary/aromatic N) is 2. The van der Waals surface area contributed by atoms with Crippen LogP contribution in [0.5, 0.6) is 11.5 Å². The molecule has 3 N–H and O–H groups in total. The van der Waals surface area contributed by atoms with Crippen LogP contribution >= 0.6 is 11.3 Å². The SMILES string of the molecule is COc1ccc(-c2cnc(-c3ccc(C[C@H](NC(=O)c4ccc(C(C)(C)C)s4)C(=O)N[C@H](C)C4OC4O)cc3)nc2)c(F)c1OCC(C)C. The van der Waals surface area contributed by atoms with E-state index in [4.69, 9.17) is 14.2 Å². The number of aromatic nitrogens is 2. The molecule has 4 atom stereocenters. The molecule has 0 spiro atoms. The molecule has 0 aliphatic carbocycles. The normalized spacial score (nSPS) is 16.9. The summed E-state index contributed by atoms with van der Waals surface area (Å²) in [4.78, 5) is 37.2. The van der Waals surface area contributed by atoms with Crippen molar-refractivity contribution < 1.29 is 33.3 Å². The molecule has 1 fully saturated rings. The molecule has 4 aromatic rings. The number of rotatable bonds is 13. The van der Waals surface area contributed by atoms with Gasteiger partial charge in [0.15, 0.2) is 29.4 Å². The molecule has 2 amide bonds. The third-order valence-electron chi connectivity index (χ3n) is 8.01. The largest absolute Gasteiger partial charge is 0.493 e. The maximum absolute atomic E-state index is 15.5. The standard InChI is InChI=1S/C37H43FN4O6S/c1-20(2)19-47-32-27(46-7)13-12-25(30(32)38)24-17-39-33(40-18-24)23-10-8-22(9-11-23)16-26(34(43)41-21(3)31-36(45)48-31)42-35(44)28-14-15-29(49-28)37(4,5)6/h8-15,17-18,20-21,26,31,36,45H,16,19H2,1-7H3,(H,41,43)(H,42,44)/t21-,26+,31?,36?/m1/s1. The lowest BCUT2D eigenvalue weighted by Crippen LogP contribution is -2.51. The zero-order valence-corrected chi connectivity index (χ0v) is 29.6. The molecular formula is C37H43FN4O6S. The Bertz CT molecular complexity index is 1770. The molecule has 10 nitrogen and oxygen atoms in total. The number of thiophene rings is 1. The highest BCUT2D eigenvalue weighted by molar-refractivity contribution is 7.14. The number of methoxy groups -OCH3 is 1. The fourth-order valence-corrected chi connectivity index (χ4v) is 6.10. The van der Waals surface area contributed by atoms with E-state index in [1.807, 2.05) is 44.2 Å². The fourth-order valence-electron chi connectivity index (χ4n) is 5.14. The van der Waals surface area contributed by atoms with Crippen molar-refractivity contribution in [2.45, 2.75) is 77.9 Å². The van der Waals surface area contributed by atoms with Crippen molar-refractivity contribution in [3.8, 4) is 34.0 Å². The van der Waals surface area contributed by atoms with E-state index in [0.717, 1.165) is 16.0 Å². The van der Waals surface area contributed by atoms with Gasteiger partial charge in [0.05, 0.1) is 24.6 Å². The van der Waals surface area contributed by atoms with Crippen molar-refractivity contribution in [3.63, 3.8) is 0 Å². The molecular weight excluding hydrogens is 647 g/mol. The zero-order chi connectivity index (χ0) is 35.5. The fraction of sp³-hybridized carbons (Fsp3) is 0.405. The lowest BCUT2D eigenvalue weighted by Gasteiger charge is -2.21. The second kappa shape index (κ2) is 15.0. The molecule has 0 radical (unpaired) electrons. The zero-order valence-electron chi connectivity index (χ0n) is 28.7. The van der Waals surface area contributed by atoms with Crippen molar-refractivity contribution in [1.29, 1.82) is 0 Å². The Morgan fingerprint density at radius 2 is 1.67 bits per heavy atom. The molecule has 49 heavy (non-hydrogen) atoms. The number of epoxide rings is 1. The van der Waals surface area contributed by atoms with E-state index in [-0.39, 0.29) is 35.3 Å². The van der Waals surface area contributed by atoms with Crippen LogP contribution < -0.4 is 20.1 Å². The Morgan fingerprint density at radius 3 is 2.24 bits per heavy atom. The van der Waals surface area contributed by atoms with Crippen molar-refractivity contribution in [2.75, 3.05) is 13.7 Å². The number of halogens is 1. The van der Waals surface area contributed by atoms with E-state index in [9.17, 15) is 14.7 Å². The van der Waals surface area contributed by atoms with Crippen LogP contribution in [0.4, 0.5) is 4.39 Å². The van der Waals surface area contributed by atoms with Crippen LogP contribution in [-0.2, 0) is 21.4 Å². The van der Waals surface area contributed by atoms with Gasteiger partial charge in [-0.25, -0.2) is 14.4 Å². The van der Waals surface area contributed by atoms with Crippen LogP contribution in [0.1, 0.15) is 61.7 Å². The predicted molar refractivity (Wildman–Crippen MR) is 186 cm³/mol. The van der Waals surface area contributed by atoms with Crippen molar-refractivity contribution >= 4 is 23.2 Å². The van der Waals surface area contributed by atoms with Crippen LogP contribution in [0.2, 0.25) is 0 Å². The first kappa shape index (κ1) is 35.9. The van der Waals surface area contributed by atoms with Gasteiger partial charge in [-0.2, -0.15) is 0 Å². The van der Waals surface area contributed by atoms with Crippen LogP contribution in [0, 0.1) is 11.7 Å². The highest BCUT2D eigenvalue weighted by atomic mass is 32.1. The summed E-state index contributed by atoms with van der Waals surface area (Å²) < 4.78 is 31.6. The van der Waals surface area contributed by atoms with Gasteiger partial charge < -0.3 is 30.0 Å². The maximum atomic E-state index is 15.5. The van der Waals surface area contributed by atoms with Gasteiger partial charge in [0.25, 0.3) is 5.91 Å². The van der Waals surface area contributed by atoms with Crippen LogP contribution in [0.25, 0.3) is 22.5 Å². The molecule has 2 aromatic carbocycles. The van der Waals surface area contributed by atoms with E-state index in [1.54, 1.807) is 37.5 Å². The minimum atomic E-state index is -0.912. The number of hydrogen-bond acceptors (Lipinski definition) is 9. The molecule has 5 rings (SSSR count). The molecule has 3 heterocycles. The highest BCUT2D eigenvalue weighted by Crippen LogP contribution is 2.37. The minimum absolute atomic E-state index is 0.0505. The van der Waals surface area contributed by atoms with Crippen molar-refractivity contribution in [3.05, 3.63) is 82.1 Å². The molecule has 260 valence electrons. The average molecular weight is 691 g/mol. The Kier molecular flexibility index (Phi) is 11.0. The summed E-state index contributed by atoms with van der Waals surface area (Å²) in [6.07, 6.45) is 1.93. The molecule has 0 bridgehead atoms. The minimum Gasteiger partial charge on any atom is -0.493 e. The van der Waals surface area contributed by atoms with Gasteiger partial charge in [0.2, 0.25) is 5.91 Å². The number of ether oxygens (including phenoxy) is 3. The summed E-state index contributed by atoms with van der Waals surface area (Å²) in [6.45, 7) is 12.3. The number of carbonyl (C=O) groups excluding carboxylic acids is 2. The number of amides is 2. The average Bonchev–Trinajstić information content (AvgIpc) is 3.57. The van der Waals surface area contributed by atoms with E-state index >= 15 is 4.39 Å². The smallest absolute Gasteiger partial charge is 0.262 e. The van der Waals surface area contributed by atoms with E-state index in [2.05, 4.69) is 41.4 Å². The predicted octanol–water partition coefficient (Wildman–Crippen LogP) is 5.92. The summed E-state index contributed by atoms with van der Waals surface area (Å²) in [5, 5.41) is 15.4. The molecule has 2 unspecified atom stereocenters. The molecule has 2 aromatic heterocycles. The van der Waals surface area contributed by atoms with Crippen LogP contribution in [-0.4, -0.2) is 65.1 Å². The second-order valence-electron chi connectivity index (χ2n) is 13.6. The molecule has 1 saturated heterocycles. The number of aliphatic hydroxyl groups is 1. The number of aliphatic hydroxyl groups excluding tert-OH is 1. The maximum Gasteiger partial charge on any atom is 0.262 e. The Labute approximate surface area is 290 Å². The lowest BCUT2D eigenvalue weighted by molar-refractivity contribution is -0.123. The van der Waals surface area contributed by atoms with Gasteiger partial charge in [-0.1, -0.05) is 58.9 Å². The van der Waals surface area contributed by atoms with Gasteiger partial charge >= 0.3 is 0 Å². The second-order valence-corrected chi connectivity index (χ2v) is 14.7. The first-order valence-electron chi connectivity index (χ1n) is 16.2. The lowest BCUT2D eigenvalue weighted by atomic mass is 9.95. The topological polar surface area (TPSA) is 135 Å². The summed E-state index contributed by atoms with van der Waals surface area (Å²) in [5.74, 6) is -0.268. The monoisotopic (exact) mass is 690 g/mol. The van der Waals surface area contributed by atoms with Crippen LogP contribution in [0.15, 0.2) is 60.9 Å². The Morgan fingerprint density at radius 1 is 1.00 bits per heavy atom. The Balaban J connectivity index is 1.31. The third-order valence-corrected chi connectivity index (χ3v) is 9.52.